The third-order valence-corrected chi connectivity index (χ3v) is 3.37. The Kier molecular flexibility index (Phi) is 2.75. The predicted molar refractivity (Wildman–Crippen MR) is 68.8 cm³/mol. The van der Waals surface area contributed by atoms with Crippen molar-refractivity contribution in [2.75, 3.05) is 0 Å². The van der Waals surface area contributed by atoms with Crippen molar-refractivity contribution in [3.8, 4) is 0 Å². The standard InChI is InChI=1S/C14H20N2/c1-8(2)11(5)14-15-12-7-9(3)6-10(4)13(12)16-14/h6-8,11H,1-5H3,(H,15,16). The van der Waals surface area contributed by atoms with Gasteiger partial charge >= 0.3 is 0 Å². The number of aromatic nitrogens is 2. The molecule has 0 saturated carbocycles. The molecule has 0 saturated heterocycles. The number of benzene rings is 1. The first kappa shape index (κ1) is 11.2. The molecular weight excluding hydrogens is 196 g/mol. The molecule has 0 aliphatic carbocycles. The van der Waals surface area contributed by atoms with Crippen LogP contribution in [0.1, 0.15) is 43.6 Å². The monoisotopic (exact) mass is 216 g/mol. The molecule has 1 atom stereocenters. The highest BCUT2D eigenvalue weighted by molar-refractivity contribution is 5.79. The molecule has 0 spiro atoms. The first-order valence-corrected chi connectivity index (χ1v) is 5.96. The Morgan fingerprint density at radius 2 is 1.81 bits per heavy atom. The van der Waals surface area contributed by atoms with E-state index in [1.807, 2.05) is 0 Å². The topological polar surface area (TPSA) is 28.7 Å². The highest BCUT2D eigenvalue weighted by atomic mass is 14.9. The van der Waals surface area contributed by atoms with Crippen molar-refractivity contribution in [3.05, 3.63) is 29.1 Å². The highest BCUT2D eigenvalue weighted by Crippen LogP contribution is 2.25. The van der Waals surface area contributed by atoms with Crippen LogP contribution in [0.3, 0.4) is 0 Å². The number of hydrogen-bond donors (Lipinski definition) is 1. The summed E-state index contributed by atoms with van der Waals surface area (Å²) >= 11 is 0. The summed E-state index contributed by atoms with van der Waals surface area (Å²) in [6, 6.07) is 4.36. The van der Waals surface area contributed by atoms with Crippen molar-refractivity contribution in [3.63, 3.8) is 0 Å². The van der Waals surface area contributed by atoms with E-state index in [1.165, 1.54) is 16.6 Å². The van der Waals surface area contributed by atoms with E-state index in [0.29, 0.717) is 11.8 Å². The Balaban J connectivity index is 2.56. The molecule has 1 aromatic heterocycles. The van der Waals surface area contributed by atoms with Crippen LogP contribution < -0.4 is 0 Å². The molecule has 16 heavy (non-hydrogen) atoms. The van der Waals surface area contributed by atoms with Crippen LogP contribution in [0.2, 0.25) is 0 Å². The molecule has 2 aromatic rings. The largest absolute Gasteiger partial charge is 0.342 e. The smallest absolute Gasteiger partial charge is 0.110 e. The number of imidazole rings is 1. The van der Waals surface area contributed by atoms with Gasteiger partial charge in [-0.1, -0.05) is 26.8 Å². The van der Waals surface area contributed by atoms with Crippen molar-refractivity contribution in [1.82, 2.24) is 9.97 Å². The van der Waals surface area contributed by atoms with Gasteiger partial charge in [-0.15, -0.1) is 0 Å². The Bertz CT molecular complexity index is 509. The maximum atomic E-state index is 4.72. The van der Waals surface area contributed by atoms with Crippen LogP contribution in [0.25, 0.3) is 11.0 Å². The molecule has 1 N–H and O–H groups in total. The average Bonchev–Trinajstić information content (AvgIpc) is 2.60. The van der Waals surface area contributed by atoms with Gasteiger partial charge in [0.2, 0.25) is 0 Å². The summed E-state index contributed by atoms with van der Waals surface area (Å²) in [7, 11) is 0. The van der Waals surface area contributed by atoms with Crippen molar-refractivity contribution >= 4 is 11.0 Å². The second-order valence-electron chi connectivity index (χ2n) is 5.13. The summed E-state index contributed by atoms with van der Waals surface area (Å²) in [6.45, 7) is 10.9. The molecule has 2 rings (SSSR count). The minimum Gasteiger partial charge on any atom is -0.342 e. The summed E-state index contributed by atoms with van der Waals surface area (Å²) in [5, 5.41) is 0. The molecule has 0 aliphatic heterocycles. The molecule has 1 aromatic carbocycles. The van der Waals surface area contributed by atoms with Gasteiger partial charge in [-0.3, -0.25) is 0 Å². The summed E-state index contributed by atoms with van der Waals surface area (Å²) in [5.41, 5.74) is 4.83. The van der Waals surface area contributed by atoms with Gasteiger partial charge in [0, 0.05) is 5.92 Å². The molecule has 2 heteroatoms. The second-order valence-corrected chi connectivity index (χ2v) is 5.13. The molecule has 0 bridgehead atoms. The van der Waals surface area contributed by atoms with Gasteiger partial charge in [0.15, 0.2) is 0 Å². The summed E-state index contributed by atoms with van der Waals surface area (Å²) in [6.07, 6.45) is 0. The maximum absolute atomic E-state index is 4.72. The van der Waals surface area contributed by atoms with E-state index in [0.717, 1.165) is 11.3 Å². The first-order chi connectivity index (χ1) is 7.49. The van der Waals surface area contributed by atoms with Crippen LogP contribution in [0.15, 0.2) is 12.1 Å². The molecule has 1 unspecified atom stereocenters. The van der Waals surface area contributed by atoms with Crippen LogP contribution in [0.4, 0.5) is 0 Å². The van der Waals surface area contributed by atoms with Crippen molar-refractivity contribution < 1.29 is 0 Å². The molecule has 0 radical (unpaired) electrons. The predicted octanol–water partition coefficient (Wildman–Crippen LogP) is 3.94. The summed E-state index contributed by atoms with van der Waals surface area (Å²) < 4.78 is 0. The van der Waals surface area contributed by atoms with Gasteiger partial charge < -0.3 is 4.98 Å². The SMILES string of the molecule is Cc1cc(C)c2nc(C(C)C(C)C)[nH]c2c1. The lowest BCUT2D eigenvalue weighted by Gasteiger charge is -2.11. The van der Waals surface area contributed by atoms with Crippen LogP contribution in [0, 0.1) is 19.8 Å². The van der Waals surface area contributed by atoms with Gasteiger partial charge in [-0.25, -0.2) is 4.98 Å². The molecular formula is C14H20N2. The minimum atomic E-state index is 0.479. The van der Waals surface area contributed by atoms with Gasteiger partial charge in [0.1, 0.15) is 5.82 Å². The van der Waals surface area contributed by atoms with Crippen LogP contribution >= 0.6 is 0 Å². The minimum absolute atomic E-state index is 0.479. The van der Waals surface area contributed by atoms with E-state index in [4.69, 9.17) is 4.98 Å². The maximum Gasteiger partial charge on any atom is 0.110 e. The van der Waals surface area contributed by atoms with E-state index in [2.05, 4.69) is 51.7 Å². The number of nitrogens with one attached hydrogen (secondary N) is 1. The fraction of sp³-hybridized carbons (Fsp3) is 0.500. The molecule has 0 fully saturated rings. The number of rotatable bonds is 2. The lowest BCUT2D eigenvalue weighted by molar-refractivity contribution is 0.515. The Hall–Kier alpha value is -1.31. The first-order valence-electron chi connectivity index (χ1n) is 5.96. The lowest BCUT2D eigenvalue weighted by atomic mass is 9.98. The van der Waals surface area contributed by atoms with Crippen molar-refractivity contribution in [2.24, 2.45) is 5.92 Å². The number of fused-ring (bicyclic) bond motifs is 1. The van der Waals surface area contributed by atoms with Gasteiger partial charge in [0.25, 0.3) is 0 Å². The van der Waals surface area contributed by atoms with Crippen LogP contribution in [0.5, 0.6) is 0 Å². The lowest BCUT2D eigenvalue weighted by Crippen LogP contribution is -2.03. The zero-order valence-corrected chi connectivity index (χ0v) is 10.8. The number of aryl methyl sites for hydroxylation is 2. The molecule has 0 amide bonds. The van der Waals surface area contributed by atoms with E-state index < -0.39 is 0 Å². The fourth-order valence-corrected chi connectivity index (χ4v) is 2.02. The Morgan fingerprint density at radius 1 is 1.12 bits per heavy atom. The van der Waals surface area contributed by atoms with Crippen molar-refractivity contribution in [1.29, 1.82) is 0 Å². The zero-order valence-electron chi connectivity index (χ0n) is 10.8. The third-order valence-electron chi connectivity index (χ3n) is 3.37. The Labute approximate surface area is 97.1 Å². The van der Waals surface area contributed by atoms with Crippen LogP contribution in [-0.2, 0) is 0 Å². The van der Waals surface area contributed by atoms with Crippen molar-refractivity contribution in [2.45, 2.75) is 40.5 Å². The van der Waals surface area contributed by atoms with E-state index in [9.17, 15) is 0 Å². The van der Waals surface area contributed by atoms with Gasteiger partial charge in [0.05, 0.1) is 11.0 Å². The quantitative estimate of drug-likeness (QED) is 0.809. The molecule has 2 nitrogen and oxygen atoms in total. The number of nitrogens with zero attached hydrogens (tertiary/aromatic N) is 1. The third kappa shape index (κ3) is 1.84. The highest BCUT2D eigenvalue weighted by Gasteiger charge is 2.15. The van der Waals surface area contributed by atoms with Crippen LogP contribution in [-0.4, -0.2) is 9.97 Å². The number of hydrogen-bond acceptors (Lipinski definition) is 1. The zero-order chi connectivity index (χ0) is 11.9. The van der Waals surface area contributed by atoms with Gasteiger partial charge in [-0.05, 0) is 37.0 Å². The van der Waals surface area contributed by atoms with E-state index >= 15 is 0 Å². The molecule has 86 valence electrons. The Morgan fingerprint density at radius 3 is 2.44 bits per heavy atom. The summed E-state index contributed by atoms with van der Waals surface area (Å²) in [5.74, 6) is 2.20. The van der Waals surface area contributed by atoms with E-state index in [1.54, 1.807) is 0 Å². The fourth-order valence-electron chi connectivity index (χ4n) is 2.02. The summed E-state index contributed by atoms with van der Waals surface area (Å²) in [4.78, 5) is 8.17. The normalized spacial score (nSPS) is 13.6. The number of H-pyrrole nitrogens is 1. The second kappa shape index (κ2) is 3.93. The molecule has 0 aliphatic rings. The average molecular weight is 216 g/mol. The number of aromatic amines is 1. The van der Waals surface area contributed by atoms with E-state index in [-0.39, 0.29) is 0 Å². The molecule has 1 heterocycles. The van der Waals surface area contributed by atoms with Gasteiger partial charge in [-0.2, -0.15) is 0 Å².